The van der Waals surface area contributed by atoms with Crippen LogP contribution in [0.3, 0.4) is 0 Å². The number of carbonyl (C=O) groups excluding carboxylic acids is 1. The molecule has 0 saturated carbocycles. The van der Waals surface area contributed by atoms with E-state index in [0.717, 1.165) is 27.6 Å². The number of furan rings is 1. The van der Waals surface area contributed by atoms with Gasteiger partial charge in [-0.2, -0.15) is 0 Å². The van der Waals surface area contributed by atoms with E-state index in [9.17, 15) is 4.79 Å². The highest BCUT2D eigenvalue weighted by molar-refractivity contribution is 7.13. The molecule has 1 amide bonds. The predicted molar refractivity (Wildman–Crippen MR) is 122 cm³/mol. The van der Waals surface area contributed by atoms with Crippen molar-refractivity contribution in [3.8, 4) is 22.1 Å². The zero-order valence-corrected chi connectivity index (χ0v) is 18.7. The summed E-state index contributed by atoms with van der Waals surface area (Å²) >= 11 is 1.49. The number of pyridine rings is 1. The van der Waals surface area contributed by atoms with Gasteiger partial charge in [0, 0.05) is 29.9 Å². The first-order valence-electron chi connectivity index (χ1n) is 10.0. The maximum absolute atomic E-state index is 13.2. The number of ether oxygens (including phenoxy) is 2. The van der Waals surface area contributed by atoms with Crippen LogP contribution in [-0.4, -0.2) is 35.0 Å². The number of carbonyl (C=O) groups is 1. The SMILES string of the molecule is COc1ccc(-c2nc(CC(=O)N(Cc3cccnc3)Cc3ccco3)cs2)cc1OC. The minimum Gasteiger partial charge on any atom is -0.493 e. The van der Waals surface area contributed by atoms with Gasteiger partial charge in [-0.15, -0.1) is 11.3 Å². The Kier molecular flexibility index (Phi) is 6.81. The van der Waals surface area contributed by atoms with E-state index in [-0.39, 0.29) is 12.3 Å². The Balaban J connectivity index is 1.50. The molecule has 0 radical (unpaired) electrons. The molecule has 0 aliphatic carbocycles. The van der Waals surface area contributed by atoms with Crippen LogP contribution in [0.2, 0.25) is 0 Å². The lowest BCUT2D eigenvalue weighted by atomic mass is 10.2. The summed E-state index contributed by atoms with van der Waals surface area (Å²) in [7, 11) is 3.20. The second-order valence-corrected chi connectivity index (χ2v) is 7.94. The van der Waals surface area contributed by atoms with E-state index in [2.05, 4.69) is 9.97 Å². The van der Waals surface area contributed by atoms with Gasteiger partial charge < -0.3 is 18.8 Å². The van der Waals surface area contributed by atoms with Gasteiger partial charge in [-0.1, -0.05) is 6.07 Å². The smallest absolute Gasteiger partial charge is 0.229 e. The molecular weight excluding hydrogens is 426 g/mol. The average molecular weight is 450 g/mol. The number of thiazole rings is 1. The van der Waals surface area contributed by atoms with E-state index in [1.807, 2.05) is 47.8 Å². The zero-order valence-electron chi connectivity index (χ0n) is 17.9. The van der Waals surface area contributed by atoms with E-state index in [0.29, 0.717) is 24.6 Å². The van der Waals surface area contributed by atoms with Gasteiger partial charge in [-0.05, 0) is 42.0 Å². The molecular formula is C24H23N3O4S. The van der Waals surface area contributed by atoms with Crippen molar-refractivity contribution in [2.75, 3.05) is 14.2 Å². The van der Waals surface area contributed by atoms with Crippen LogP contribution in [0.5, 0.6) is 11.5 Å². The first kappa shape index (κ1) is 21.6. The number of benzene rings is 1. The van der Waals surface area contributed by atoms with Crippen molar-refractivity contribution in [1.82, 2.24) is 14.9 Å². The minimum atomic E-state index is -0.0329. The van der Waals surface area contributed by atoms with Crippen molar-refractivity contribution in [3.63, 3.8) is 0 Å². The Morgan fingerprint density at radius 3 is 2.69 bits per heavy atom. The Labute approximate surface area is 190 Å². The molecule has 0 N–H and O–H groups in total. The molecule has 4 aromatic rings. The molecule has 0 fully saturated rings. The normalized spacial score (nSPS) is 10.7. The molecule has 0 saturated heterocycles. The number of hydrogen-bond acceptors (Lipinski definition) is 7. The van der Waals surface area contributed by atoms with Gasteiger partial charge in [0.25, 0.3) is 0 Å². The molecule has 0 aliphatic heterocycles. The second-order valence-electron chi connectivity index (χ2n) is 7.08. The van der Waals surface area contributed by atoms with Crippen molar-refractivity contribution in [1.29, 1.82) is 0 Å². The molecule has 0 aliphatic rings. The van der Waals surface area contributed by atoms with Crippen molar-refractivity contribution in [2.24, 2.45) is 0 Å². The predicted octanol–water partition coefficient (Wildman–Crippen LogP) is 4.59. The fourth-order valence-electron chi connectivity index (χ4n) is 3.29. The molecule has 0 spiro atoms. The molecule has 0 unspecified atom stereocenters. The summed E-state index contributed by atoms with van der Waals surface area (Å²) in [6.45, 7) is 0.827. The van der Waals surface area contributed by atoms with Crippen molar-refractivity contribution in [3.05, 3.63) is 83.5 Å². The molecule has 3 heterocycles. The zero-order chi connectivity index (χ0) is 22.3. The first-order valence-corrected chi connectivity index (χ1v) is 10.9. The molecule has 1 aromatic carbocycles. The van der Waals surface area contributed by atoms with E-state index in [1.54, 1.807) is 37.8 Å². The highest BCUT2D eigenvalue weighted by atomic mass is 32.1. The first-order chi connectivity index (χ1) is 15.7. The van der Waals surface area contributed by atoms with Gasteiger partial charge in [-0.3, -0.25) is 9.78 Å². The Morgan fingerprint density at radius 2 is 1.97 bits per heavy atom. The third-order valence-corrected chi connectivity index (χ3v) is 5.83. The largest absolute Gasteiger partial charge is 0.493 e. The fourth-order valence-corrected chi connectivity index (χ4v) is 4.11. The lowest BCUT2D eigenvalue weighted by Crippen LogP contribution is -2.31. The van der Waals surface area contributed by atoms with Crippen LogP contribution in [0, 0.1) is 0 Å². The number of nitrogens with zero attached hydrogens (tertiary/aromatic N) is 3. The van der Waals surface area contributed by atoms with Gasteiger partial charge in [0.1, 0.15) is 10.8 Å². The fraction of sp³-hybridized carbons (Fsp3) is 0.208. The van der Waals surface area contributed by atoms with Gasteiger partial charge >= 0.3 is 0 Å². The van der Waals surface area contributed by atoms with Gasteiger partial charge in [0.2, 0.25) is 5.91 Å². The van der Waals surface area contributed by atoms with Crippen molar-refractivity contribution in [2.45, 2.75) is 19.5 Å². The molecule has 8 heteroatoms. The third-order valence-electron chi connectivity index (χ3n) is 4.89. The Morgan fingerprint density at radius 1 is 1.09 bits per heavy atom. The quantitative estimate of drug-likeness (QED) is 0.372. The number of rotatable bonds is 9. The van der Waals surface area contributed by atoms with Crippen LogP contribution >= 0.6 is 11.3 Å². The second kappa shape index (κ2) is 10.1. The Hall–Kier alpha value is -3.65. The van der Waals surface area contributed by atoms with Gasteiger partial charge in [0.05, 0.1) is 39.1 Å². The summed E-state index contributed by atoms with van der Waals surface area (Å²) in [6, 6.07) is 13.2. The van der Waals surface area contributed by atoms with E-state index in [1.165, 1.54) is 11.3 Å². The van der Waals surface area contributed by atoms with Gasteiger partial charge in [0.15, 0.2) is 11.5 Å². The molecule has 164 valence electrons. The van der Waals surface area contributed by atoms with Crippen LogP contribution in [-0.2, 0) is 24.3 Å². The van der Waals surface area contributed by atoms with Gasteiger partial charge in [-0.25, -0.2) is 4.98 Å². The average Bonchev–Trinajstić information content (AvgIpc) is 3.51. The summed E-state index contributed by atoms with van der Waals surface area (Å²) in [6.07, 6.45) is 5.29. The van der Waals surface area contributed by atoms with Crippen LogP contribution in [0.25, 0.3) is 10.6 Å². The summed E-state index contributed by atoms with van der Waals surface area (Å²) in [4.78, 5) is 23.7. The molecule has 3 aromatic heterocycles. The minimum absolute atomic E-state index is 0.0329. The number of hydrogen-bond donors (Lipinski definition) is 0. The van der Waals surface area contributed by atoms with Crippen molar-refractivity contribution < 1.29 is 18.7 Å². The monoisotopic (exact) mass is 449 g/mol. The lowest BCUT2D eigenvalue weighted by Gasteiger charge is -2.21. The highest BCUT2D eigenvalue weighted by Crippen LogP contribution is 2.33. The molecule has 4 rings (SSSR count). The number of aromatic nitrogens is 2. The summed E-state index contributed by atoms with van der Waals surface area (Å²) in [5.41, 5.74) is 2.59. The third kappa shape index (κ3) is 5.15. The molecule has 0 atom stereocenters. The summed E-state index contributed by atoms with van der Waals surface area (Å²) in [5.74, 6) is 1.99. The van der Waals surface area contributed by atoms with Crippen molar-refractivity contribution >= 4 is 17.2 Å². The van der Waals surface area contributed by atoms with Crippen LogP contribution < -0.4 is 9.47 Å². The maximum atomic E-state index is 13.2. The van der Waals surface area contributed by atoms with E-state index < -0.39 is 0 Å². The topological polar surface area (TPSA) is 77.7 Å². The molecule has 32 heavy (non-hydrogen) atoms. The van der Waals surface area contributed by atoms with Crippen LogP contribution in [0.15, 0.2) is 70.9 Å². The lowest BCUT2D eigenvalue weighted by molar-refractivity contribution is -0.132. The maximum Gasteiger partial charge on any atom is 0.229 e. The standard InChI is InChI=1S/C24H23N3O4S/c1-29-21-8-7-18(11-22(21)30-2)24-26-19(16-32-24)12-23(28)27(15-20-6-4-10-31-20)14-17-5-3-9-25-13-17/h3-11,13,16H,12,14-15H2,1-2H3. The summed E-state index contributed by atoms with van der Waals surface area (Å²) < 4.78 is 16.1. The molecule has 7 nitrogen and oxygen atoms in total. The Bertz CT molecular complexity index is 1160. The number of methoxy groups -OCH3 is 2. The van der Waals surface area contributed by atoms with E-state index in [4.69, 9.17) is 13.9 Å². The highest BCUT2D eigenvalue weighted by Gasteiger charge is 2.19. The number of amides is 1. The summed E-state index contributed by atoms with van der Waals surface area (Å²) in [5, 5.41) is 2.73. The van der Waals surface area contributed by atoms with Crippen LogP contribution in [0.4, 0.5) is 0 Å². The van der Waals surface area contributed by atoms with Crippen LogP contribution in [0.1, 0.15) is 17.0 Å². The van der Waals surface area contributed by atoms with E-state index >= 15 is 0 Å². The molecule has 0 bridgehead atoms.